The van der Waals surface area contributed by atoms with E-state index in [1.807, 2.05) is 24.3 Å². The lowest BCUT2D eigenvalue weighted by molar-refractivity contribution is 0.410. The van der Waals surface area contributed by atoms with Crippen LogP contribution in [0.15, 0.2) is 45.7 Å². The van der Waals surface area contributed by atoms with E-state index in [1.54, 1.807) is 19.6 Å². The molecule has 1 unspecified atom stereocenters. The Kier molecular flexibility index (Phi) is 3.56. The van der Waals surface area contributed by atoms with E-state index < -0.39 is 0 Å². The topological polar surface area (TPSA) is 22.4 Å². The Labute approximate surface area is 107 Å². The van der Waals surface area contributed by atoms with E-state index in [9.17, 15) is 0 Å². The molecule has 2 aromatic rings. The molecule has 16 heavy (non-hydrogen) atoms. The maximum atomic E-state index is 6.37. The zero-order valence-corrected chi connectivity index (χ0v) is 11.0. The van der Waals surface area contributed by atoms with Crippen molar-refractivity contribution in [3.05, 3.63) is 52.4 Å². The molecule has 4 heteroatoms. The van der Waals surface area contributed by atoms with Gasteiger partial charge in [0.15, 0.2) is 0 Å². The van der Waals surface area contributed by atoms with Crippen LogP contribution >= 0.6 is 27.5 Å². The van der Waals surface area contributed by atoms with Gasteiger partial charge in [0.05, 0.1) is 25.0 Å². The van der Waals surface area contributed by atoms with Crippen LogP contribution in [0, 0.1) is 0 Å². The molecule has 0 saturated heterocycles. The highest BCUT2D eigenvalue weighted by atomic mass is 79.9. The molecule has 0 N–H and O–H groups in total. The van der Waals surface area contributed by atoms with Crippen LogP contribution in [0.3, 0.4) is 0 Å². The number of alkyl halides is 1. The van der Waals surface area contributed by atoms with Crippen LogP contribution in [0.1, 0.15) is 16.5 Å². The molecule has 1 heterocycles. The van der Waals surface area contributed by atoms with E-state index in [-0.39, 0.29) is 5.38 Å². The van der Waals surface area contributed by atoms with Crippen LogP contribution in [-0.2, 0) is 0 Å². The third kappa shape index (κ3) is 2.25. The smallest absolute Gasteiger partial charge is 0.123 e. The summed E-state index contributed by atoms with van der Waals surface area (Å²) < 4.78 is 11.3. The third-order valence-corrected chi connectivity index (χ3v) is 3.28. The van der Waals surface area contributed by atoms with Gasteiger partial charge in [-0.05, 0) is 24.3 Å². The first-order valence-electron chi connectivity index (χ1n) is 4.72. The maximum absolute atomic E-state index is 6.37. The van der Waals surface area contributed by atoms with Crippen LogP contribution in [0.25, 0.3) is 0 Å². The Morgan fingerprint density at radius 1 is 1.38 bits per heavy atom. The summed E-state index contributed by atoms with van der Waals surface area (Å²) >= 11 is 9.79. The highest BCUT2D eigenvalue weighted by molar-refractivity contribution is 9.10. The Bertz CT molecular complexity index is 468. The highest BCUT2D eigenvalue weighted by Crippen LogP contribution is 2.36. The fourth-order valence-corrected chi connectivity index (χ4v) is 2.18. The molecule has 0 aliphatic rings. The van der Waals surface area contributed by atoms with Crippen molar-refractivity contribution in [2.75, 3.05) is 7.11 Å². The largest absolute Gasteiger partial charge is 0.496 e. The molecule has 1 aromatic carbocycles. The lowest BCUT2D eigenvalue weighted by Gasteiger charge is -2.12. The molecule has 84 valence electrons. The van der Waals surface area contributed by atoms with Gasteiger partial charge in [-0.25, -0.2) is 0 Å². The van der Waals surface area contributed by atoms with Gasteiger partial charge >= 0.3 is 0 Å². The van der Waals surface area contributed by atoms with Gasteiger partial charge < -0.3 is 9.15 Å². The van der Waals surface area contributed by atoms with Crippen LogP contribution in [0.4, 0.5) is 0 Å². The Balaban J connectivity index is 2.42. The molecule has 0 amide bonds. The zero-order chi connectivity index (χ0) is 11.5. The molecule has 1 aromatic heterocycles. The predicted molar refractivity (Wildman–Crippen MR) is 67.1 cm³/mol. The van der Waals surface area contributed by atoms with E-state index in [1.165, 1.54) is 0 Å². The summed E-state index contributed by atoms with van der Waals surface area (Å²) in [6.45, 7) is 0. The molecule has 0 saturated carbocycles. The number of hydrogen-bond donors (Lipinski definition) is 0. The molecule has 0 bridgehead atoms. The van der Waals surface area contributed by atoms with Gasteiger partial charge in [0.2, 0.25) is 0 Å². The normalized spacial score (nSPS) is 12.4. The molecule has 1 atom stereocenters. The summed E-state index contributed by atoms with van der Waals surface area (Å²) in [6.07, 6.45) is 3.24. The van der Waals surface area contributed by atoms with Crippen molar-refractivity contribution >= 4 is 27.5 Å². The second-order valence-corrected chi connectivity index (χ2v) is 4.66. The van der Waals surface area contributed by atoms with E-state index in [0.29, 0.717) is 0 Å². The molecule has 0 fully saturated rings. The van der Waals surface area contributed by atoms with Crippen molar-refractivity contribution in [1.29, 1.82) is 0 Å². The fraction of sp³-hybridized carbons (Fsp3) is 0.167. The number of furan rings is 1. The average molecular weight is 302 g/mol. The van der Waals surface area contributed by atoms with Gasteiger partial charge in [0.25, 0.3) is 0 Å². The van der Waals surface area contributed by atoms with Crippen molar-refractivity contribution in [2.45, 2.75) is 5.38 Å². The van der Waals surface area contributed by atoms with Crippen molar-refractivity contribution in [1.82, 2.24) is 0 Å². The van der Waals surface area contributed by atoms with E-state index >= 15 is 0 Å². The molecule has 2 rings (SSSR count). The monoisotopic (exact) mass is 300 g/mol. The van der Waals surface area contributed by atoms with E-state index in [0.717, 1.165) is 21.3 Å². The molecular formula is C12H10BrClO2. The molecule has 0 radical (unpaired) electrons. The summed E-state index contributed by atoms with van der Waals surface area (Å²) in [5, 5.41) is -0.272. The van der Waals surface area contributed by atoms with Gasteiger partial charge in [0, 0.05) is 15.6 Å². The van der Waals surface area contributed by atoms with Crippen LogP contribution in [0.5, 0.6) is 5.75 Å². The second kappa shape index (κ2) is 4.93. The summed E-state index contributed by atoms with van der Waals surface area (Å²) in [4.78, 5) is 0. The van der Waals surface area contributed by atoms with E-state index in [2.05, 4.69) is 15.9 Å². The number of benzene rings is 1. The summed E-state index contributed by atoms with van der Waals surface area (Å²) in [5.41, 5.74) is 1.83. The van der Waals surface area contributed by atoms with Gasteiger partial charge in [-0.1, -0.05) is 15.9 Å². The number of methoxy groups -OCH3 is 1. The van der Waals surface area contributed by atoms with Gasteiger partial charge in [-0.3, -0.25) is 0 Å². The molecule has 2 nitrogen and oxygen atoms in total. The maximum Gasteiger partial charge on any atom is 0.123 e. The molecule has 0 aliphatic heterocycles. The SMILES string of the molecule is COc1ccc(Br)cc1C(Cl)c1ccoc1. The first-order chi connectivity index (χ1) is 7.72. The molecular weight excluding hydrogens is 291 g/mol. The minimum absolute atomic E-state index is 0.272. The number of rotatable bonds is 3. The number of ether oxygens (including phenoxy) is 1. The van der Waals surface area contributed by atoms with Gasteiger partial charge in [-0.2, -0.15) is 0 Å². The molecule has 0 aliphatic carbocycles. The predicted octanol–water partition coefficient (Wildman–Crippen LogP) is 4.38. The van der Waals surface area contributed by atoms with Crippen LogP contribution in [-0.4, -0.2) is 7.11 Å². The van der Waals surface area contributed by atoms with Crippen LogP contribution < -0.4 is 4.74 Å². The lowest BCUT2D eigenvalue weighted by Crippen LogP contribution is -1.96. The summed E-state index contributed by atoms with van der Waals surface area (Å²) in [6, 6.07) is 7.59. The average Bonchev–Trinajstić information content (AvgIpc) is 2.81. The van der Waals surface area contributed by atoms with Crippen molar-refractivity contribution in [3.63, 3.8) is 0 Å². The fourth-order valence-electron chi connectivity index (χ4n) is 1.50. The number of hydrogen-bond acceptors (Lipinski definition) is 2. The minimum atomic E-state index is -0.272. The van der Waals surface area contributed by atoms with Gasteiger partial charge in [0.1, 0.15) is 5.75 Å². The minimum Gasteiger partial charge on any atom is -0.496 e. The standard InChI is InChI=1S/C12H10BrClO2/c1-15-11-3-2-9(13)6-10(11)12(14)8-4-5-16-7-8/h2-7,12H,1H3. The van der Waals surface area contributed by atoms with Crippen molar-refractivity contribution in [3.8, 4) is 5.75 Å². The van der Waals surface area contributed by atoms with Crippen molar-refractivity contribution in [2.24, 2.45) is 0 Å². The highest BCUT2D eigenvalue weighted by Gasteiger charge is 2.16. The third-order valence-electron chi connectivity index (χ3n) is 2.30. The Morgan fingerprint density at radius 2 is 2.19 bits per heavy atom. The van der Waals surface area contributed by atoms with Crippen molar-refractivity contribution < 1.29 is 9.15 Å². The Morgan fingerprint density at radius 3 is 2.81 bits per heavy atom. The van der Waals surface area contributed by atoms with E-state index in [4.69, 9.17) is 20.8 Å². The first kappa shape index (κ1) is 11.6. The van der Waals surface area contributed by atoms with Gasteiger partial charge in [-0.15, -0.1) is 11.6 Å². The zero-order valence-electron chi connectivity index (χ0n) is 8.61. The van der Waals surface area contributed by atoms with Crippen LogP contribution in [0.2, 0.25) is 0 Å². The first-order valence-corrected chi connectivity index (χ1v) is 5.95. The quantitative estimate of drug-likeness (QED) is 0.785. The Hall–Kier alpha value is -0.930. The second-order valence-electron chi connectivity index (χ2n) is 3.31. The lowest BCUT2D eigenvalue weighted by atomic mass is 10.1. The summed E-state index contributed by atoms with van der Waals surface area (Å²) in [7, 11) is 1.63. The summed E-state index contributed by atoms with van der Waals surface area (Å²) in [5.74, 6) is 0.768. The molecule has 0 spiro atoms. The number of halogens is 2.